The molecule has 0 amide bonds. The first-order valence-corrected chi connectivity index (χ1v) is 3.45. The molecule has 58 valence electrons. The van der Waals surface area contributed by atoms with Gasteiger partial charge in [-0.2, -0.15) is 0 Å². The van der Waals surface area contributed by atoms with Gasteiger partial charge in [0.2, 0.25) is 0 Å². The number of fused-ring (bicyclic) bond motifs is 2. The first-order valence-electron chi connectivity index (χ1n) is 3.45. The Kier molecular flexibility index (Phi) is 1.25. The second-order valence-electron chi connectivity index (χ2n) is 3.03. The SMILES string of the molecule is O[C@H]1[C@H]2CNC[C@]1(O)CO2. The van der Waals surface area contributed by atoms with Gasteiger partial charge in [-0.25, -0.2) is 0 Å². The third-order valence-electron chi connectivity index (χ3n) is 2.23. The first kappa shape index (κ1) is 6.54. The van der Waals surface area contributed by atoms with Crippen LogP contribution in [0.2, 0.25) is 0 Å². The number of hydrogen-bond donors (Lipinski definition) is 3. The van der Waals surface area contributed by atoms with Crippen LogP contribution in [0.4, 0.5) is 0 Å². The lowest BCUT2D eigenvalue weighted by atomic mass is 9.93. The molecule has 10 heavy (non-hydrogen) atoms. The van der Waals surface area contributed by atoms with E-state index in [4.69, 9.17) is 4.74 Å². The highest BCUT2D eigenvalue weighted by molar-refractivity contribution is 5.02. The van der Waals surface area contributed by atoms with Crippen molar-refractivity contribution in [2.24, 2.45) is 0 Å². The topological polar surface area (TPSA) is 61.7 Å². The van der Waals surface area contributed by atoms with Crippen LogP contribution in [0.3, 0.4) is 0 Å². The molecule has 0 unspecified atom stereocenters. The van der Waals surface area contributed by atoms with Crippen molar-refractivity contribution in [3.8, 4) is 0 Å². The van der Waals surface area contributed by atoms with E-state index in [1.54, 1.807) is 0 Å². The van der Waals surface area contributed by atoms with Crippen molar-refractivity contribution in [1.82, 2.24) is 5.32 Å². The summed E-state index contributed by atoms with van der Waals surface area (Å²) in [5.74, 6) is 0. The second-order valence-corrected chi connectivity index (χ2v) is 3.03. The number of β-amino-alcohol motifs (C(OH)–C–C–N with tert-alkyl or cyclic N) is 1. The van der Waals surface area contributed by atoms with Gasteiger partial charge < -0.3 is 20.3 Å². The molecule has 2 saturated heterocycles. The Balaban J connectivity index is 2.21. The molecular weight excluding hydrogens is 134 g/mol. The normalized spacial score (nSPS) is 53.4. The number of ether oxygens (including phenoxy) is 1. The third kappa shape index (κ3) is 0.703. The average Bonchev–Trinajstić information content (AvgIpc) is 2.18. The molecule has 4 heteroatoms. The van der Waals surface area contributed by atoms with Gasteiger partial charge in [-0.15, -0.1) is 0 Å². The molecule has 2 rings (SSSR count). The molecule has 2 aliphatic rings. The van der Waals surface area contributed by atoms with Gasteiger partial charge in [-0.05, 0) is 0 Å². The molecule has 0 aromatic carbocycles. The molecule has 2 heterocycles. The minimum absolute atomic E-state index is 0.209. The van der Waals surface area contributed by atoms with Crippen LogP contribution >= 0.6 is 0 Å². The number of nitrogens with one attached hydrogen (secondary N) is 1. The summed E-state index contributed by atoms with van der Waals surface area (Å²) in [5.41, 5.74) is -1.02. The van der Waals surface area contributed by atoms with Crippen LogP contribution in [0, 0.1) is 0 Å². The summed E-state index contributed by atoms with van der Waals surface area (Å²) >= 11 is 0. The summed E-state index contributed by atoms with van der Waals surface area (Å²) in [7, 11) is 0. The molecule has 3 N–H and O–H groups in total. The van der Waals surface area contributed by atoms with Crippen molar-refractivity contribution in [2.45, 2.75) is 17.8 Å². The number of rotatable bonds is 0. The van der Waals surface area contributed by atoms with Gasteiger partial charge in [-0.3, -0.25) is 0 Å². The largest absolute Gasteiger partial charge is 0.387 e. The van der Waals surface area contributed by atoms with E-state index in [0.717, 1.165) is 0 Å². The molecule has 0 aliphatic carbocycles. The lowest BCUT2D eigenvalue weighted by molar-refractivity contribution is -0.0615. The van der Waals surface area contributed by atoms with E-state index in [1.165, 1.54) is 0 Å². The minimum atomic E-state index is -1.02. The first-order chi connectivity index (χ1) is 4.72. The standard InChI is InChI=1S/C6H11NO3/c8-5-4-1-7-2-6(5,9)3-10-4/h4-5,7-9H,1-3H2/t4-,5+,6+/m1/s1. The Morgan fingerprint density at radius 3 is 3.00 bits per heavy atom. The van der Waals surface area contributed by atoms with E-state index in [1.807, 2.05) is 0 Å². The van der Waals surface area contributed by atoms with Crippen LogP contribution in [-0.2, 0) is 4.74 Å². The van der Waals surface area contributed by atoms with E-state index < -0.39 is 11.7 Å². The lowest BCUT2D eigenvalue weighted by Crippen LogP contribution is -2.57. The summed E-state index contributed by atoms with van der Waals surface area (Å²) in [6.45, 7) is 1.33. The van der Waals surface area contributed by atoms with Crippen LogP contribution < -0.4 is 5.32 Å². The highest BCUT2D eigenvalue weighted by Gasteiger charge is 2.50. The maximum Gasteiger partial charge on any atom is 0.129 e. The van der Waals surface area contributed by atoms with Gasteiger partial charge in [0.25, 0.3) is 0 Å². The number of aliphatic hydroxyl groups is 2. The maximum absolute atomic E-state index is 9.55. The maximum atomic E-state index is 9.55. The van der Waals surface area contributed by atoms with Crippen molar-refractivity contribution in [3.05, 3.63) is 0 Å². The second kappa shape index (κ2) is 1.92. The van der Waals surface area contributed by atoms with Gasteiger partial charge in [0.05, 0.1) is 12.7 Å². The van der Waals surface area contributed by atoms with E-state index in [9.17, 15) is 10.2 Å². The lowest BCUT2D eigenvalue weighted by Gasteiger charge is -2.31. The zero-order chi connectivity index (χ0) is 7.19. The highest BCUT2D eigenvalue weighted by Crippen LogP contribution is 2.26. The summed E-state index contributed by atoms with van der Waals surface area (Å²) in [6, 6.07) is 0. The molecule has 2 aliphatic heterocycles. The predicted molar refractivity (Wildman–Crippen MR) is 33.6 cm³/mol. The molecule has 0 spiro atoms. The Hall–Kier alpha value is -0.160. The summed E-state index contributed by atoms with van der Waals surface area (Å²) in [4.78, 5) is 0. The number of piperidine rings is 1. The molecule has 0 saturated carbocycles. The Labute approximate surface area is 58.8 Å². The smallest absolute Gasteiger partial charge is 0.129 e. The van der Waals surface area contributed by atoms with Crippen molar-refractivity contribution in [1.29, 1.82) is 0 Å². The summed E-state index contributed by atoms with van der Waals surface area (Å²) < 4.78 is 5.13. The van der Waals surface area contributed by atoms with E-state index in [2.05, 4.69) is 5.32 Å². The Bertz CT molecular complexity index is 148. The molecule has 2 bridgehead atoms. The van der Waals surface area contributed by atoms with Crippen LogP contribution in [0.15, 0.2) is 0 Å². The predicted octanol–water partition coefficient (Wildman–Crippen LogP) is -1.92. The van der Waals surface area contributed by atoms with Crippen LogP contribution in [0.1, 0.15) is 0 Å². The Morgan fingerprint density at radius 1 is 1.60 bits per heavy atom. The molecular formula is C6H11NO3. The summed E-state index contributed by atoms with van der Waals surface area (Å²) in [5, 5.41) is 21.9. The molecule has 0 aromatic rings. The van der Waals surface area contributed by atoms with E-state index in [-0.39, 0.29) is 12.7 Å². The quantitative estimate of drug-likeness (QED) is 0.372. The number of hydrogen-bond acceptors (Lipinski definition) is 4. The zero-order valence-corrected chi connectivity index (χ0v) is 5.58. The van der Waals surface area contributed by atoms with Gasteiger partial charge in [0.1, 0.15) is 11.7 Å². The van der Waals surface area contributed by atoms with Gasteiger partial charge in [-0.1, -0.05) is 0 Å². The van der Waals surface area contributed by atoms with E-state index >= 15 is 0 Å². The molecule has 0 radical (unpaired) electrons. The van der Waals surface area contributed by atoms with Crippen LogP contribution in [0.25, 0.3) is 0 Å². The molecule has 0 aromatic heterocycles. The molecule has 4 nitrogen and oxygen atoms in total. The van der Waals surface area contributed by atoms with Crippen molar-refractivity contribution in [2.75, 3.05) is 19.7 Å². The summed E-state index contributed by atoms with van der Waals surface area (Å²) in [6.07, 6.45) is -0.910. The number of aliphatic hydroxyl groups excluding tert-OH is 1. The monoisotopic (exact) mass is 145 g/mol. The fourth-order valence-corrected chi connectivity index (χ4v) is 1.53. The van der Waals surface area contributed by atoms with Crippen molar-refractivity contribution in [3.63, 3.8) is 0 Å². The minimum Gasteiger partial charge on any atom is -0.387 e. The van der Waals surface area contributed by atoms with Crippen molar-refractivity contribution >= 4 is 0 Å². The average molecular weight is 145 g/mol. The zero-order valence-electron chi connectivity index (χ0n) is 5.58. The molecule has 2 fully saturated rings. The third-order valence-corrected chi connectivity index (χ3v) is 2.23. The van der Waals surface area contributed by atoms with Crippen molar-refractivity contribution < 1.29 is 14.9 Å². The fourth-order valence-electron chi connectivity index (χ4n) is 1.53. The van der Waals surface area contributed by atoms with Gasteiger partial charge >= 0.3 is 0 Å². The van der Waals surface area contributed by atoms with Gasteiger partial charge in [0.15, 0.2) is 0 Å². The Morgan fingerprint density at radius 2 is 2.40 bits per heavy atom. The van der Waals surface area contributed by atoms with Gasteiger partial charge in [0, 0.05) is 13.1 Å². The van der Waals surface area contributed by atoms with Crippen LogP contribution in [0.5, 0.6) is 0 Å². The van der Waals surface area contributed by atoms with Crippen LogP contribution in [-0.4, -0.2) is 47.7 Å². The highest BCUT2D eigenvalue weighted by atomic mass is 16.5. The molecule has 3 atom stereocenters. The fraction of sp³-hybridized carbons (Fsp3) is 1.00. The van der Waals surface area contributed by atoms with E-state index in [0.29, 0.717) is 13.1 Å².